The summed E-state index contributed by atoms with van der Waals surface area (Å²) < 4.78 is 47.6. The normalized spacial score (nSPS) is 17.5. The van der Waals surface area contributed by atoms with Gasteiger partial charge in [0, 0.05) is 56.9 Å². The summed E-state index contributed by atoms with van der Waals surface area (Å²) in [5.41, 5.74) is 5.80. The number of carbonyl (C=O) groups is 6. The van der Waals surface area contributed by atoms with E-state index in [4.69, 9.17) is 10.5 Å². The van der Waals surface area contributed by atoms with Gasteiger partial charge in [-0.25, -0.2) is 22.1 Å². The number of nitrogens with zero attached hydrogens (tertiary/aromatic N) is 4. The predicted octanol–water partition coefficient (Wildman–Crippen LogP) is 1.46. The van der Waals surface area contributed by atoms with Gasteiger partial charge in [-0.1, -0.05) is 12.1 Å². The van der Waals surface area contributed by atoms with Crippen molar-refractivity contribution in [1.82, 2.24) is 29.8 Å². The first kappa shape index (κ1) is 42.0. The van der Waals surface area contributed by atoms with Crippen molar-refractivity contribution in [2.45, 2.75) is 44.2 Å². The number of rotatable bonds is 17. The van der Waals surface area contributed by atoms with Crippen LogP contribution in [-0.2, 0) is 29.1 Å². The molecule has 0 radical (unpaired) electrons. The number of nitrogens with one attached hydrogen (secondary N) is 5. The first-order valence-electron chi connectivity index (χ1n) is 18.3. The smallest absolute Gasteiger partial charge is 0.264 e. The summed E-state index contributed by atoms with van der Waals surface area (Å²) in [6.07, 6.45) is 2.43. The SMILES string of the molecule is NC(=O)c1c(F)cccc1Nc1nc(NC2CCN(S(=O)(=O)CCNC(=O)CCOCCNc3cccc4c3C(=O)N(C3CCC(=O)NC3=O)C4=O)CC2)ncc1Br. The second-order valence-corrected chi connectivity index (χ2v) is 16.4. The van der Waals surface area contributed by atoms with E-state index in [2.05, 4.69) is 52.5 Å². The van der Waals surface area contributed by atoms with Crippen molar-refractivity contribution in [1.29, 1.82) is 0 Å². The van der Waals surface area contributed by atoms with Crippen LogP contribution in [0.15, 0.2) is 47.1 Å². The zero-order chi connectivity index (χ0) is 41.6. The molecule has 2 aromatic carbocycles. The maximum absolute atomic E-state index is 14.2. The molecule has 0 spiro atoms. The fraction of sp³-hybridized carbons (Fsp3) is 0.389. The van der Waals surface area contributed by atoms with Crippen molar-refractivity contribution in [3.05, 3.63) is 69.6 Å². The molecule has 1 aromatic heterocycles. The molecule has 6 amide bonds. The molecule has 2 fully saturated rings. The van der Waals surface area contributed by atoms with E-state index in [-0.39, 0.29) is 105 Å². The number of nitrogens with two attached hydrogens (primary N) is 1. The summed E-state index contributed by atoms with van der Waals surface area (Å²) in [5, 5.41) is 13.9. The van der Waals surface area contributed by atoms with Crippen LogP contribution in [0.25, 0.3) is 0 Å². The van der Waals surface area contributed by atoms with Gasteiger partial charge in [-0.3, -0.25) is 39.0 Å². The zero-order valence-corrected chi connectivity index (χ0v) is 33.3. The largest absolute Gasteiger partial charge is 0.382 e. The molecule has 2 saturated heterocycles. The highest BCUT2D eigenvalue weighted by molar-refractivity contribution is 9.10. The van der Waals surface area contributed by atoms with Gasteiger partial charge in [-0.2, -0.15) is 4.98 Å². The molecule has 0 aliphatic carbocycles. The summed E-state index contributed by atoms with van der Waals surface area (Å²) in [6, 6.07) is 7.52. The number of aromatic nitrogens is 2. The maximum atomic E-state index is 14.2. The highest BCUT2D eigenvalue weighted by Crippen LogP contribution is 2.32. The van der Waals surface area contributed by atoms with Crippen LogP contribution < -0.4 is 32.3 Å². The highest BCUT2D eigenvalue weighted by atomic mass is 79.9. The number of carbonyl (C=O) groups excluding carboxylic acids is 6. The monoisotopic (exact) mass is 886 g/mol. The fourth-order valence-corrected chi connectivity index (χ4v) is 8.39. The molecule has 0 bridgehead atoms. The Kier molecular flexibility index (Phi) is 13.3. The minimum Gasteiger partial charge on any atom is -0.382 e. The van der Waals surface area contributed by atoms with Gasteiger partial charge in [0.25, 0.3) is 17.7 Å². The van der Waals surface area contributed by atoms with Crippen molar-refractivity contribution in [2.75, 3.05) is 61.1 Å². The second kappa shape index (κ2) is 18.3. The molecular weight excluding hydrogens is 847 g/mol. The Morgan fingerprint density at radius 2 is 1.74 bits per heavy atom. The van der Waals surface area contributed by atoms with Crippen molar-refractivity contribution in [2.24, 2.45) is 5.73 Å². The lowest BCUT2D eigenvalue weighted by molar-refractivity contribution is -0.136. The first-order chi connectivity index (χ1) is 27.7. The molecule has 1 atom stereocenters. The number of halogens is 2. The number of anilines is 4. The van der Waals surface area contributed by atoms with Gasteiger partial charge < -0.3 is 31.7 Å². The van der Waals surface area contributed by atoms with Crippen molar-refractivity contribution in [3.8, 4) is 0 Å². The molecule has 19 nitrogen and oxygen atoms in total. The number of fused-ring (bicyclic) bond motifs is 1. The van der Waals surface area contributed by atoms with Gasteiger partial charge >= 0.3 is 0 Å². The van der Waals surface area contributed by atoms with E-state index in [9.17, 15) is 41.6 Å². The Hall–Kier alpha value is -5.58. The lowest BCUT2D eigenvalue weighted by atomic mass is 10.0. The first-order valence-corrected chi connectivity index (χ1v) is 20.7. The molecule has 6 rings (SSSR count). The van der Waals surface area contributed by atoms with E-state index in [1.165, 1.54) is 28.7 Å². The van der Waals surface area contributed by atoms with Gasteiger partial charge in [-0.05, 0) is 59.5 Å². The average molecular weight is 888 g/mol. The fourth-order valence-electron chi connectivity index (χ4n) is 6.72. The van der Waals surface area contributed by atoms with Gasteiger partial charge in [0.05, 0.1) is 45.8 Å². The maximum Gasteiger partial charge on any atom is 0.264 e. The number of imide groups is 2. The number of primary amides is 1. The number of sulfonamides is 1. The van der Waals surface area contributed by atoms with E-state index in [1.807, 2.05) is 0 Å². The lowest BCUT2D eigenvalue weighted by Gasteiger charge is -2.31. The third-order valence-corrected chi connectivity index (χ3v) is 12.1. The second-order valence-electron chi connectivity index (χ2n) is 13.5. The Morgan fingerprint density at radius 1 is 1.00 bits per heavy atom. The Balaban J connectivity index is 0.877. The standard InChI is InChI=1S/C36H40BrFN10O9S/c37-22-19-42-36(46-32(22)44-25-6-2-4-23(38)30(25)31(39)51)43-20-9-14-47(15-10-20)58(55,56)18-13-41-27(49)11-16-57-17-12-40-24-5-1-3-21-29(24)35(54)48(34(21)53)26-7-8-28(50)45-33(26)52/h1-6,19-20,26,40H,7-18H2,(H2,39,51)(H,41,49)(H,45,50,52)(H2,42,43,44,46). The van der Waals surface area contributed by atoms with E-state index in [1.54, 1.807) is 12.1 Å². The minimum atomic E-state index is -3.67. The molecule has 58 heavy (non-hydrogen) atoms. The third kappa shape index (κ3) is 9.74. The number of hydrogen-bond donors (Lipinski definition) is 6. The lowest BCUT2D eigenvalue weighted by Crippen LogP contribution is -2.54. The molecule has 4 heterocycles. The van der Waals surface area contributed by atoms with Gasteiger partial charge in [0.1, 0.15) is 17.7 Å². The zero-order valence-electron chi connectivity index (χ0n) is 30.9. The number of piperidine rings is 2. The molecule has 0 saturated carbocycles. The van der Waals surface area contributed by atoms with E-state index in [0.29, 0.717) is 23.0 Å². The van der Waals surface area contributed by atoms with Crippen LogP contribution in [0.1, 0.15) is 63.2 Å². The van der Waals surface area contributed by atoms with Crippen molar-refractivity contribution < 1.29 is 46.3 Å². The molecule has 1 unspecified atom stereocenters. The quantitative estimate of drug-likeness (QED) is 0.0829. The molecule has 7 N–H and O–H groups in total. The summed E-state index contributed by atoms with van der Waals surface area (Å²) in [5.74, 6) is -4.32. The highest BCUT2D eigenvalue weighted by Gasteiger charge is 2.45. The molecular formula is C36H40BrFN10O9S. The molecule has 308 valence electrons. The van der Waals surface area contributed by atoms with E-state index < -0.39 is 57.3 Å². The van der Waals surface area contributed by atoms with Crippen LogP contribution in [0, 0.1) is 5.82 Å². The van der Waals surface area contributed by atoms with E-state index >= 15 is 0 Å². The number of amides is 6. The van der Waals surface area contributed by atoms with Crippen molar-refractivity contribution in [3.63, 3.8) is 0 Å². The summed E-state index contributed by atoms with van der Waals surface area (Å²) in [4.78, 5) is 83.9. The summed E-state index contributed by atoms with van der Waals surface area (Å²) >= 11 is 3.34. The Labute approximate surface area is 340 Å². The van der Waals surface area contributed by atoms with Crippen LogP contribution in [0.3, 0.4) is 0 Å². The number of ether oxygens (including phenoxy) is 1. The Morgan fingerprint density at radius 3 is 2.48 bits per heavy atom. The summed E-state index contributed by atoms with van der Waals surface area (Å²) in [7, 11) is -3.67. The number of hydrogen-bond acceptors (Lipinski definition) is 14. The third-order valence-electron chi connectivity index (χ3n) is 9.62. The molecule has 3 aromatic rings. The van der Waals surface area contributed by atoms with Gasteiger partial charge in [-0.15, -0.1) is 0 Å². The predicted molar refractivity (Wildman–Crippen MR) is 210 cm³/mol. The van der Waals surface area contributed by atoms with E-state index in [0.717, 1.165) is 11.0 Å². The van der Waals surface area contributed by atoms with Crippen LogP contribution in [-0.4, -0.2) is 120 Å². The van der Waals surface area contributed by atoms with Crippen LogP contribution >= 0.6 is 15.9 Å². The molecule has 3 aliphatic heterocycles. The van der Waals surface area contributed by atoms with Crippen molar-refractivity contribution >= 4 is 84.5 Å². The van der Waals surface area contributed by atoms with Gasteiger partial charge in [0.15, 0.2) is 0 Å². The topological polar surface area (TPSA) is 264 Å². The average Bonchev–Trinajstić information content (AvgIpc) is 3.43. The summed E-state index contributed by atoms with van der Waals surface area (Å²) in [6.45, 7) is 0.801. The molecule has 22 heteroatoms. The number of benzene rings is 2. The Bertz CT molecular complexity index is 2240. The van der Waals surface area contributed by atoms with Gasteiger partial charge in [0.2, 0.25) is 33.7 Å². The molecule has 3 aliphatic rings. The minimum absolute atomic E-state index is 0.0153. The van der Waals surface area contributed by atoms with Crippen LogP contribution in [0.2, 0.25) is 0 Å². The van der Waals surface area contributed by atoms with Crippen LogP contribution in [0.5, 0.6) is 0 Å². The van der Waals surface area contributed by atoms with Crippen LogP contribution in [0.4, 0.5) is 27.5 Å².